The molecule has 0 aromatic rings. The zero-order valence-electron chi connectivity index (χ0n) is 11.2. The normalized spacial score (nSPS) is 30.8. The van der Waals surface area contributed by atoms with Crippen molar-refractivity contribution in [2.45, 2.75) is 6.42 Å². The van der Waals surface area contributed by atoms with Crippen LogP contribution < -0.4 is 0 Å². The summed E-state index contributed by atoms with van der Waals surface area (Å²) in [6.45, 7) is 5.93. The predicted octanol–water partition coefficient (Wildman–Crippen LogP) is 0.647. The molecule has 0 bridgehead atoms. The second kappa shape index (κ2) is 5.21. The highest BCUT2D eigenvalue weighted by atomic mass is 16.6. The van der Waals surface area contributed by atoms with Gasteiger partial charge in [0.25, 0.3) is 0 Å². The van der Waals surface area contributed by atoms with Crippen LogP contribution in [0.3, 0.4) is 0 Å². The summed E-state index contributed by atoms with van der Waals surface area (Å²) in [5, 5.41) is 9.39. The van der Waals surface area contributed by atoms with E-state index in [1.807, 2.05) is 7.05 Å². The van der Waals surface area contributed by atoms with E-state index in [9.17, 15) is 14.7 Å². The van der Waals surface area contributed by atoms with Gasteiger partial charge in [-0.25, -0.2) is 4.79 Å². The largest absolute Gasteiger partial charge is 0.481 e. The average Bonchev–Trinajstić information content (AvgIpc) is 2.91. The highest BCUT2D eigenvalue weighted by molar-refractivity contribution is 5.75. The van der Waals surface area contributed by atoms with Gasteiger partial charge in [0.05, 0.1) is 5.92 Å². The minimum atomic E-state index is -0.825. The third-order valence-corrected chi connectivity index (χ3v) is 4.11. The van der Waals surface area contributed by atoms with Gasteiger partial charge in [-0.2, -0.15) is 0 Å². The molecule has 1 spiro atoms. The summed E-state index contributed by atoms with van der Waals surface area (Å²) in [4.78, 5) is 26.9. The zero-order valence-corrected chi connectivity index (χ0v) is 11.2. The molecular formula is C13H20N2O4. The van der Waals surface area contributed by atoms with Crippen molar-refractivity contribution in [2.24, 2.45) is 11.3 Å². The molecule has 6 nitrogen and oxygen atoms in total. The van der Waals surface area contributed by atoms with Gasteiger partial charge < -0.3 is 19.6 Å². The molecule has 2 atom stereocenters. The van der Waals surface area contributed by atoms with Gasteiger partial charge in [0.15, 0.2) is 0 Å². The molecule has 2 rings (SSSR count). The van der Waals surface area contributed by atoms with Crippen LogP contribution in [0, 0.1) is 11.3 Å². The van der Waals surface area contributed by atoms with E-state index < -0.39 is 18.0 Å². The Morgan fingerprint density at radius 2 is 2.26 bits per heavy atom. The van der Waals surface area contributed by atoms with E-state index in [-0.39, 0.29) is 18.6 Å². The smallest absolute Gasteiger partial charge is 0.410 e. The lowest BCUT2D eigenvalue weighted by Crippen LogP contribution is -2.37. The van der Waals surface area contributed by atoms with E-state index >= 15 is 0 Å². The van der Waals surface area contributed by atoms with Crippen LogP contribution in [0.4, 0.5) is 4.79 Å². The van der Waals surface area contributed by atoms with Crippen LogP contribution in [0.1, 0.15) is 6.42 Å². The number of rotatable bonds is 3. The highest BCUT2D eigenvalue weighted by Gasteiger charge is 2.54. The number of hydrogen-bond acceptors (Lipinski definition) is 4. The number of carboxylic acids is 1. The van der Waals surface area contributed by atoms with Crippen molar-refractivity contribution >= 4 is 12.1 Å². The van der Waals surface area contributed by atoms with E-state index in [1.165, 1.54) is 11.0 Å². The predicted molar refractivity (Wildman–Crippen MR) is 68.8 cm³/mol. The SMILES string of the molecule is C=CCOC(=O)N1CC(C(=O)O)C2(CCN(C)C2)C1. The second-order valence-corrected chi connectivity index (χ2v) is 5.49. The maximum absolute atomic E-state index is 11.8. The summed E-state index contributed by atoms with van der Waals surface area (Å²) in [5.74, 6) is -1.33. The minimum absolute atomic E-state index is 0.153. The van der Waals surface area contributed by atoms with Gasteiger partial charge in [0.2, 0.25) is 0 Å². The second-order valence-electron chi connectivity index (χ2n) is 5.49. The van der Waals surface area contributed by atoms with E-state index in [2.05, 4.69) is 11.5 Å². The number of likely N-dealkylation sites (tertiary alicyclic amines) is 2. The lowest BCUT2D eigenvalue weighted by atomic mass is 9.77. The van der Waals surface area contributed by atoms with Crippen LogP contribution in [-0.4, -0.2) is 66.8 Å². The maximum atomic E-state index is 11.8. The Bertz CT molecular complexity index is 398. The van der Waals surface area contributed by atoms with Crippen LogP contribution in [0.25, 0.3) is 0 Å². The van der Waals surface area contributed by atoms with Gasteiger partial charge in [-0.15, -0.1) is 0 Å². The molecule has 0 aromatic heterocycles. The maximum Gasteiger partial charge on any atom is 0.410 e. The van der Waals surface area contributed by atoms with E-state index in [1.54, 1.807) is 0 Å². The average molecular weight is 268 g/mol. The molecule has 1 amide bonds. The Hall–Kier alpha value is -1.56. The van der Waals surface area contributed by atoms with Crippen LogP contribution in [0.5, 0.6) is 0 Å². The summed E-state index contributed by atoms with van der Waals surface area (Å²) in [5.41, 5.74) is -0.326. The molecule has 2 saturated heterocycles. The van der Waals surface area contributed by atoms with Crippen LogP contribution in [-0.2, 0) is 9.53 Å². The van der Waals surface area contributed by atoms with Crippen molar-refractivity contribution in [2.75, 3.05) is 39.8 Å². The standard InChI is InChI=1S/C13H20N2O4/c1-3-6-19-12(18)15-7-10(11(16)17)13(9-15)4-5-14(2)8-13/h3,10H,1,4-9H2,2H3,(H,16,17). The number of nitrogens with zero attached hydrogens (tertiary/aromatic N) is 2. The van der Waals surface area contributed by atoms with Crippen molar-refractivity contribution < 1.29 is 19.4 Å². The van der Waals surface area contributed by atoms with Gasteiger partial charge in [-0.05, 0) is 20.0 Å². The minimum Gasteiger partial charge on any atom is -0.481 e. The summed E-state index contributed by atoms with van der Waals surface area (Å²) in [6, 6.07) is 0. The van der Waals surface area contributed by atoms with Crippen LogP contribution in [0.15, 0.2) is 12.7 Å². The van der Waals surface area contributed by atoms with Gasteiger partial charge in [-0.3, -0.25) is 4.79 Å². The Morgan fingerprint density at radius 1 is 1.53 bits per heavy atom. The molecule has 2 aliphatic heterocycles. The van der Waals surface area contributed by atoms with Crippen molar-refractivity contribution in [1.82, 2.24) is 9.80 Å². The molecule has 6 heteroatoms. The number of aliphatic carboxylic acids is 1. The van der Waals surface area contributed by atoms with E-state index in [4.69, 9.17) is 4.74 Å². The van der Waals surface area contributed by atoms with Crippen LogP contribution >= 0.6 is 0 Å². The third-order valence-electron chi connectivity index (χ3n) is 4.11. The first-order valence-electron chi connectivity index (χ1n) is 6.42. The highest BCUT2D eigenvalue weighted by Crippen LogP contribution is 2.43. The van der Waals surface area contributed by atoms with Crippen molar-refractivity contribution in [1.29, 1.82) is 0 Å². The van der Waals surface area contributed by atoms with Gasteiger partial charge in [0, 0.05) is 25.0 Å². The molecule has 0 radical (unpaired) electrons. The van der Waals surface area contributed by atoms with Crippen molar-refractivity contribution in [3.8, 4) is 0 Å². The first kappa shape index (κ1) is 13.9. The monoisotopic (exact) mass is 268 g/mol. The summed E-state index contributed by atoms with van der Waals surface area (Å²) >= 11 is 0. The topological polar surface area (TPSA) is 70.1 Å². The van der Waals surface area contributed by atoms with E-state index in [0.717, 1.165) is 19.5 Å². The number of carbonyl (C=O) groups is 2. The van der Waals surface area contributed by atoms with Gasteiger partial charge in [-0.1, -0.05) is 12.7 Å². The van der Waals surface area contributed by atoms with Crippen LogP contribution in [0.2, 0.25) is 0 Å². The molecule has 0 aliphatic carbocycles. The van der Waals surface area contributed by atoms with Crippen molar-refractivity contribution in [3.05, 3.63) is 12.7 Å². The lowest BCUT2D eigenvalue weighted by molar-refractivity contribution is -0.144. The molecule has 106 valence electrons. The number of amides is 1. The molecule has 2 heterocycles. The molecular weight excluding hydrogens is 248 g/mol. The first-order chi connectivity index (χ1) is 8.98. The Kier molecular flexibility index (Phi) is 3.80. The Balaban J connectivity index is 2.10. The van der Waals surface area contributed by atoms with E-state index in [0.29, 0.717) is 6.54 Å². The molecule has 2 fully saturated rings. The quantitative estimate of drug-likeness (QED) is 0.761. The fourth-order valence-electron chi connectivity index (χ4n) is 3.19. The first-order valence-corrected chi connectivity index (χ1v) is 6.42. The van der Waals surface area contributed by atoms with Gasteiger partial charge in [0.1, 0.15) is 6.61 Å². The Morgan fingerprint density at radius 3 is 2.79 bits per heavy atom. The fourth-order valence-corrected chi connectivity index (χ4v) is 3.19. The molecule has 1 N–H and O–H groups in total. The zero-order chi connectivity index (χ0) is 14.0. The lowest BCUT2D eigenvalue weighted by Gasteiger charge is -2.26. The number of ether oxygens (including phenoxy) is 1. The molecule has 0 aromatic carbocycles. The van der Waals surface area contributed by atoms with Crippen molar-refractivity contribution in [3.63, 3.8) is 0 Å². The number of carbonyl (C=O) groups excluding carboxylic acids is 1. The number of carboxylic acid groups (broad SMARTS) is 1. The number of hydrogen-bond donors (Lipinski definition) is 1. The third kappa shape index (κ3) is 2.58. The molecule has 2 aliphatic rings. The summed E-state index contributed by atoms with van der Waals surface area (Å²) in [7, 11) is 1.98. The summed E-state index contributed by atoms with van der Waals surface area (Å²) in [6.07, 6.45) is 1.87. The molecule has 0 saturated carbocycles. The molecule has 2 unspecified atom stereocenters. The van der Waals surface area contributed by atoms with Gasteiger partial charge >= 0.3 is 12.1 Å². The molecule has 19 heavy (non-hydrogen) atoms. The Labute approximate surface area is 112 Å². The fraction of sp³-hybridized carbons (Fsp3) is 0.692. The summed E-state index contributed by atoms with van der Waals surface area (Å²) < 4.78 is 5.00.